The molecule has 0 aliphatic carbocycles. The van der Waals surface area contributed by atoms with Crippen LogP contribution in [0.4, 0.5) is 4.39 Å². The zero-order chi connectivity index (χ0) is 20.7. The average molecular weight is 413 g/mol. The van der Waals surface area contributed by atoms with E-state index in [0.717, 1.165) is 28.1 Å². The second-order valence-corrected chi connectivity index (χ2v) is 7.35. The van der Waals surface area contributed by atoms with Crippen LogP contribution >= 0.6 is 11.6 Å². The summed E-state index contributed by atoms with van der Waals surface area (Å²) in [6.45, 7) is 4.24. The summed E-state index contributed by atoms with van der Waals surface area (Å²) in [5.41, 5.74) is 5.40. The van der Waals surface area contributed by atoms with Gasteiger partial charge in [0.1, 0.15) is 11.6 Å². The second-order valence-electron chi connectivity index (χ2n) is 6.94. The number of aromatic amines is 1. The van der Waals surface area contributed by atoms with Crippen molar-refractivity contribution in [2.24, 2.45) is 0 Å². The smallest absolute Gasteiger partial charge is 0.307 e. The molecule has 0 aliphatic heterocycles. The number of imidazole rings is 1. The molecule has 4 aromatic rings. The van der Waals surface area contributed by atoms with Crippen LogP contribution in [0, 0.1) is 19.7 Å². The number of aromatic nitrogens is 4. The van der Waals surface area contributed by atoms with E-state index < -0.39 is 11.8 Å². The Morgan fingerprint density at radius 2 is 1.97 bits per heavy atom. The number of nitrogens with zero attached hydrogens (tertiary/aromatic N) is 3. The molecule has 148 valence electrons. The molecular formula is C21H18ClFN4O2. The van der Waals surface area contributed by atoms with Crippen LogP contribution in [0.1, 0.15) is 22.5 Å². The Balaban J connectivity index is 1.58. The molecule has 0 aliphatic rings. The maximum absolute atomic E-state index is 13.6. The van der Waals surface area contributed by atoms with E-state index in [1.807, 2.05) is 42.8 Å². The summed E-state index contributed by atoms with van der Waals surface area (Å²) in [4.78, 5) is 18.6. The van der Waals surface area contributed by atoms with Crippen molar-refractivity contribution in [3.63, 3.8) is 0 Å². The molecule has 0 spiro atoms. The molecule has 0 atom stereocenters. The maximum atomic E-state index is 13.6. The third-order valence-electron chi connectivity index (χ3n) is 4.94. The van der Waals surface area contributed by atoms with Crippen LogP contribution in [-0.2, 0) is 17.8 Å². The third-order valence-corrected chi connectivity index (χ3v) is 5.23. The van der Waals surface area contributed by atoms with Crippen molar-refractivity contribution in [3.8, 4) is 11.4 Å². The van der Waals surface area contributed by atoms with E-state index in [2.05, 4.69) is 15.1 Å². The molecule has 0 saturated carbocycles. The Bertz CT molecular complexity index is 1190. The topological polar surface area (TPSA) is 83.8 Å². The molecule has 0 bridgehead atoms. The summed E-state index contributed by atoms with van der Waals surface area (Å²) in [7, 11) is 0. The van der Waals surface area contributed by atoms with Crippen molar-refractivity contribution in [2.75, 3.05) is 0 Å². The van der Waals surface area contributed by atoms with E-state index in [0.29, 0.717) is 23.4 Å². The number of hydrogen-bond donors (Lipinski definition) is 2. The number of hydrogen-bond acceptors (Lipinski definition) is 3. The van der Waals surface area contributed by atoms with Crippen molar-refractivity contribution in [2.45, 2.75) is 26.8 Å². The number of fused-ring (bicyclic) bond motifs is 1. The van der Waals surface area contributed by atoms with Crippen LogP contribution in [0.25, 0.3) is 22.4 Å². The quantitative estimate of drug-likeness (QED) is 0.505. The van der Waals surface area contributed by atoms with E-state index in [9.17, 15) is 9.18 Å². The van der Waals surface area contributed by atoms with Crippen molar-refractivity contribution >= 4 is 28.6 Å². The summed E-state index contributed by atoms with van der Waals surface area (Å²) >= 11 is 5.82. The highest BCUT2D eigenvalue weighted by atomic mass is 35.5. The average Bonchev–Trinajstić information content (AvgIpc) is 3.18. The van der Waals surface area contributed by atoms with Crippen LogP contribution in [0.3, 0.4) is 0 Å². The van der Waals surface area contributed by atoms with Crippen molar-refractivity contribution in [1.29, 1.82) is 0 Å². The number of carboxylic acid groups (broad SMARTS) is 1. The van der Waals surface area contributed by atoms with Crippen LogP contribution < -0.4 is 0 Å². The SMILES string of the molecule is Cc1nn(Cc2ccc(-c3nc4cc(Cl)c(F)cc4[nH]3)cc2)c(C)c1CC(=O)O. The van der Waals surface area contributed by atoms with E-state index in [4.69, 9.17) is 16.7 Å². The molecule has 0 amide bonds. The van der Waals surface area contributed by atoms with Crippen LogP contribution in [0.5, 0.6) is 0 Å². The molecular weight excluding hydrogens is 395 g/mol. The fourth-order valence-electron chi connectivity index (χ4n) is 3.38. The minimum absolute atomic E-state index is 0.0345. The minimum atomic E-state index is -0.868. The first kappa shape index (κ1) is 19.1. The highest BCUT2D eigenvalue weighted by Crippen LogP contribution is 2.25. The Morgan fingerprint density at radius 1 is 1.24 bits per heavy atom. The van der Waals surface area contributed by atoms with Gasteiger partial charge in [-0.3, -0.25) is 9.48 Å². The highest BCUT2D eigenvalue weighted by Gasteiger charge is 2.15. The monoisotopic (exact) mass is 412 g/mol. The second kappa shape index (κ2) is 7.33. The molecule has 8 heteroatoms. The molecule has 6 nitrogen and oxygen atoms in total. The summed E-state index contributed by atoms with van der Waals surface area (Å²) in [5.74, 6) is -0.730. The predicted octanol–water partition coefficient (Wildman–Crippen LogP) is 4.51. The summed E-state index contributed by atoms with van der Waals surface area (Å²) in [5, 5.41) is 13.6. The van der Waals surface area contributed by atoms with Gasteiger partial charge >= 0.3 is 5.97 Å². The number of aryl methyl sites for hydroxylation is 1. The molecule has 2 N–H and O–H groups in total. The lowest BCUT2D eigenvalue weighted by Crippen LogP contribution is -2.06. The number of carbonyl (C=O) groups is 1. The van der Waals surface area contributed by atoms with Gasteiger partial charge in [0.25, 0.3) is 0 Å². The number of H-pyrrole nitrogens is 1. The van der Waals surface area contributed by atoms with Crippen molar-refractivity contribution in [1.82, 2.24) is 19.7 Å². The van der Waals surface area contributed by atoms with Gasteiger partial charge in [-0.1, -0.05) is 35.9 Å². The number of halogens is 2. The van der Waals surface area contributed by atoms with Crippen molar-refractivity contribution in [3.05, 3.63) is 69.8 Å². The minimum Gasteiger partial charge on any atom is -0.481 e. The van der Waals surface area contributed by atoms with Crippen LogP contribution in [0.15, 0.2) is 36.4 Å². The Morgan fingerprint density at radius 3 is 2.66 bits per heavy atom. The lowest BCUT2D eigenvalue weighted by molar-refractivity contribution is -0.136. The third kappa shape index (κ3) is 3.73. The molecule has 0 radical (unpaired) electrons. The molecule has 0 saturated heterocycles. The van der Waals surface area contributed by atoms with Gasteiger partial charge in [-0.25, -0.2) is 9.37 Å². The van der Waals surface area contributed by atoms with Gasteiger partial charge in [0.15, 0.2) is 0 Å². The fourth-order valence-corrected chi connectivity index (χ4v) is 3.54. The molecule has 0 fully saturated rings. The van der Waals surface area contributed by atoms with Gasteiger partial charge in [-0.05, 0) is 25.5 Å². The fraction of sp³-hybridized carbons (Fsp3) is 0.190. The molecule has 4 rings (SSSR count). The lowest BCUT2D eigenvalue weighted by atomic mass is 10.1. The first-order valence-corrected chi connectivity index (χ1v) is 9.38. The van der Waals surface area contributed by atoms with Crippen molar-refractivity contribution < 1.29 is 14.3 Å². The molecule has 2 aromatic carbocycles. The lowest BCUT2D eigenvalue weighted by Gasteiger charge is -2.06. The summed E-state index contributed by atoms with van der Waals surface area (Å²) in [6, 6.07) is 10.6. The number of aliphatic carboxylic acids is 1. The van der Waals surface area contributed by atoms with Crippen LogP contribution in [0.2, 0.25) is 5.02 Å². The molecule has 2 heterocycles. The summed E-state index contributed by atoms with van der Waals surface area (Å²) < 4.78 is 15.4. The highest BCUT2D eigenvalue weighted by molar-refractivity contribution is 6.31. The van der Waals surface area contributed by atoms with Crippen LogP contribution in [-0.4, -0.2) is 30.8 Å². The molecule has 0 unspecified atom stereocenters. The first-order chi connectivity index (χ1) is 13.8. The Hall–Kier alpha value is -3.19. The Kier molecular flexibility index (Phi) is 4.84. The van der Waals surface area contributed by atoms with E-state index >= 15 is 0 Å². The standard InChI is InChI=1S/C21H18ClFN4O2/c1-11-15(7-20(28)29)12(2)27(26-11)10-13-3-5-14(6-4-13)21-24-18-8-16(22)17(23)9-19(18)25-21/h3-6,8-9H,7,10H2,1-2H3,(H,24,25)(H,28,29). The first-order valence-electron chi connectivity index (χ1n) is 9.00. The normalized spacial score (nSPS) is 11.3. The van der Waals surface area contributed by atoms with Gasteiger partial charge in [0, 0.05) is 22.9 Å². The van der Waals surface area contributed by atoms with E-state index in [1.54, 1.807) is 0 Å². The van der Waals surface area contributed by atoms with Gasteiger partial charge < -0.3 is 10.1 Å². The number of nitrogens with one attached hydrogen (secondary N) is 1. The molecule has 2 aromatic heterocycles. The van der Waals surface area contributed by atoms with Gasteiger partial charge in [0.05, 0.1) is 34.7 Å². The number of benzene rings is 2. The zero-order valence-electron chi connectivity index (χ0n) is 15.8. The predicted molar refractivity (Wildman–Crippen MR) is 109 cm³/mol. The van der Waals surface area contributed by atoms with Gasteiger partial charge in [-0.15, -0.1) is 0 Å². The van der Waals surface area contributed by atoms with Gasteiger partial charge in [-0.2, -0.15) is 5.10 Å². The summed E-state index contributed by atoms with van der Waals surface area (Å²) in [6.07, 6.45) is -0.0345. The van der Waals surface area contributed by atoms with E-state index in [-0.39, 0.29) is 11.4 Å². The van der Waals surface area contributed by atoms with E-state index in [1.165, 1.54) is 12.1 Å². The zero-order valence-corrected chi connectivity index (χ0v) is 16.6. The maximum Gasteiger partial charge on any atom is 0.307 e. The number of rotatable bonds is 5. The van der Waals surface area contributed by atoms with Gasteiger partial charge in [0.2, 0.25) is 0 Å². The Labute approximate surface area is 171 Å². The molecule has 29 heavy (non-hydrogen) atoms. The largest absolute Gasteiger partial charge is 0.481 e. The number of carboxylic acids is 1.